The molecule has 0 aromatic heterocycles. The zero-order chi connectivity index (χ0) is 10.6. The Morgan fingerprint density at radius 2 is 2.07 bits per heavy atom. The van der Waals surface area contributed by atoms with Crippen LogP contribution in [0.4, 0.5) is 4.79 Å². The van der Waals surface area contributed by atoms with E-state index in [1.54, 1.807) is 6.07 Å². The van der Waals surface area contributed by atoms with Gasteiger partial charge in [-0.05, 0) is 30.0 Å². The fourth-order valence-electron chi connectivity index (χ4n) is 1.55. The van der Waals surface area contributed by atoms with Crippen molar-refractivity contribution in [2.24, 2.45) is 5.73 Å². The topological polar surface area (TPSA) is 52.3 Å². The van der Waals surface area contributed by atoms with Gasteiger partial charge in [0.05, 0.1) is 0 Å². The summed E-state index contributed by atoms with van der Waals surface area (Å²) in [5.74, 6) is 0.583. The molecular formula is C11H15NO2. The highest BCUT2D eigenvalue weighted by molar-refractivity contribution is 5.68. The molecule has 0 atom stereocenters. The molecule has 2 N–H and O–H groups in total. The molecule has 0 aliphatic carbocycles. The van der Waals surface area contributed by atoms with Gasteiger partial charge in [0.1, 0.15) is 5.75 Å². The van der Waals surface area contributed by atoms with E-state index in [9.17, 15) is 4.79 Å². The number of primary amides is 1. The van der Waals surface area contributed by atoms with Crippen molar-refractivity contribution < 1.29 is 9.53 Å². The predicted octanol–water partition coefficient (Wildman–Crippen LogP) is 2.27. The predicted molar refractivity (Wildman–Crippen MR) is 55.4 cm³/mol. The largest absolute Gasteiger partial charge is 0.410 e. The van der Waals surface area contributed by atoms with E-state index < -0.39 is 6.09 Å². The van der Waals surface area contributed by atoms with Crippen molar-refractivity contribution in [3.63, 3.8) is 0 Å². The summed E-state index contributed by atoms with van der Waals surface area (Å²) in [7, 11) is 0. The summed E-state index contributed by atoms with van der Waals surface area (Å²) in [5.41, 5.74) is 7.24. The quantitative estimate of drug-likeness (QED) is 0.800. The van der Waals surface area contributed by atoms with Crippen LogP contribution in [-0.4, -0.2) is 6.09 Å². The maximum absolute atomic E-state index is 10.6. The van der Waals surface area contributed by atoms with Gasteiger partial charge in [-0.3, -0.25) is 0 Å². The molecular weight excluding hydrogens is 178 g/mol. The molecule has 0 saturated heterocycles. The molecule has 1 rings (SSSR count). The molecule has 14 heavy (non-hydrogen) atoms. The number of carbonyl (C=O) groups excluding carboxylic acids is 1. The Labute approximate surface area is 83.9 Å². The lowest BCUT2D eigenvalue weighted by Crippen LogP contribution is -2.17. The van der Waals surface area contributed by atoms with Crippen molar-refractivity contribution in [2.45, 2.75) is 26.7 Å². The summed E-state index contributed by atoms with van der Waals surface area (Å²) in [6.45, 7) is 4.10. The number of rotatable bonds is 3. The summed E-state index contributed by atoms with van der Waals surface area (Å²) in [4.78, 5) is 10.6. The second-order valence-electron chi connectivity index (χ2n) is 3.02. The number of amides is 1. The Morgan fingerprint density at radius 3 is 2.57 bits per heavy atom. The van der Waals surface area contributed by atoms with Gasteiger partial charge in [-0.1, -0.05) is 26.0 Å². The molecule has 1 amide bonds. The van der Waals surface area contributed by atoms with Crippen LogP contribution >= 0.6 is 0 Å². The highest BCUT2D eigenvalue weighted by atomic mass is 16.5. The van der Waals surface area contributed by atoms with E-state index in [0.29, 0.717) is 5.75 Å². The van der Waals surface area contributed by atoms with Gasteiger partial charge in [-0.15, -0.1) is 0 Å². The van der Waals surface area contributed by atoms with Crippen molar-refractivity contribution in [2.75, 3.05) is 0 Å². The van der Waals surface area contributed by atoms with Crippen molar-refractivity contribution in [3.05, 3.63) is 29.3 Å². The first-order valence-electron chi connectivity index (χ1n) is 4.77. The standard InChI is InChI=1S/C11H15NO2/c1-3-8-6-5-7-10(9(8)4-2)14-11(12)13/h5-7H,3-4H2,1-2H3,(H2,12,13). The molecule has 3 heteroatoms. The number of carbonyl (C=O) groups is 1. The number of nitrogens with two attached hydrogens (primary N) is 1. The first-order chi connectivity index (χ1) is 6.69. The summed E-state index contributed by atoms with van der Waals surface area (Å²) in [6, 6.07) is 5.67. The van der Waals surface area contributed by atoms with Crippen molar-refractivity contribution >= 4 is 6.09 Å². The van der Waals surface area contributed by atoms with E-state index in [2.05, 4.69) is 6.92 Å². The molecule has 0 bridgehead atoms. The third kappa shape index (κ3) is 2.25. The van der Waals surface area contributed by atoms with Crippen molar-refractivity contribution in [1.29, 1.82) is 0 Å². The fraction of sp³-hybridized carbons (Fsp3) is 0.364. The zero-order valence-electron chi connectivity index (χ0n) is 8.54. The Balaban J connectivity index is 3.08. The molecule has 1 aromatic rings. The Morgan fingerprint density at radius 1 is 1.36 bits per heavy atom. The molecule has 76 valence electrons. The Bertz CT molecular complexity index is 334. The van der Waals surface area contributed by atoms with E-state index in [1.807, 2.05) is 19.1 Å². The summed E-state index contributed by atoms with van der Waals surface area (Å²) >= 11 is 0. The number of hydrogen-bond donors (Lipinski definition) is 1. The normalized spacial score (nSPS) is 9.86. The van der Waals surface area contributed by atoms with Crippen LogP contribution in [0.25, 0.3) is 0 Å². The molecule has 1 aromatic carbocycles. The van der Waals surface area contributed by atoms with E-state index in [1.165, 1.54) is 5.56 Å². The van der Waals surface area contributed by atoms with Gasteiger partial charge in [0, 0.05) is 0 Å². The molecule has 0 aliphatic rings. The van der Waals surface area contributed by atoms with Crippen molar-refractivity contribution in [3.8, 4) is 5.75 Å². The lowest BCUT2D eigenvalue weighted by molar-refractivity contribution is 0.210. The molecule has 0 heterocycles. The first kappa shape index (κ1) is 10.6. The zero-order valence-corrected chi connectivity index (χ0v) is 8.54. The molecule has 3 nitrogen and oxygen atoms in total. The molecule has 0 radical (unpaired) electrons. The lowest BCUT2D eigenvalue weighted by atomic mass is 10.0. The molecule has 0 aliphatic heterocycles. The van der Waals surface area contributed by atoms with Gasteiger partial charge in [-0.25, -0.2) is 4.79 Å². The van der Waals surface area contributed by atoms with Crippen LogP contribution in [0.5, 0.6) is 5.75 Å². The second-order valence-corrected chi connectivity index (χ2v) is 3.02. The van der Waals surface area contributed by atoms with E-state index >= 15 is 0 Å². The minimum Gasteiger partial charge on any atom is -0.410 e. The minimum absolute atomic E-state index is 0.583. The number of hydrogen-bond acceptors (Lipinski definition) is 2. The van der Waals surface area contributed by atoms with Crippen molar-refractivity contribution in [1.82, 2.24) is 0 Å². The number of aryl methyl sites for hydroxylation is 1. The first-order valence-corrected chi connectivity index (χ1v) is 4.77. The van der Waals surface area contributed by atoms with Gasteiger partial charge in [0.25, 0.3) is 0 Å². The van der Waals surface area contributed by atoms with Gasteiger partial charge < -0.3 is 10.5 Å². The smallest absolute Gasteiger partial charge is 0.409 e. The van der Waals surface area contributed by atoms with Crippen LogP contribution in [-0.2, 0) is 12.8 Å². The van der Waals surface area contributed by atoms with Crippen LogP contribution in [0.2, 0.25) is 0 Å². The Kier molecular flexibility index (Phi) is 3.51. The van der Waals surface area contributed by atoms with E-state index in [0.717, 1.165) is 18.4 Å². The molecule has 0 unspecified atom stereocenters. The lowest BCUT2D eigenvalue weighted by Gasteiger charge is -2.10. The third-order valence-corrected chi connectivity index (χ3v) is 2.18. The van der Waals surface area contributed by atoms with Gasteiger partial charge >= 0.3 is 6.09 Å². The van der Waals surface area contributed by atoms with Gasteiger partial charge in [0.2, 0.25) is 0 Å². The average molecular weight is 193 g/mol. The maximum atomic E-state index is 10.6. The monoisotopic (exact) mass is 193 g/mol. The summed E-state index contributed by atoms with van der Waals surface area (Å²) < 4.78 is 4.92. The number of benzene rings is 1. The summed E-state index contributed by atoms with van der Waals surface area (Å²) in [5, 5.41) is 0. The van der Waals surface area contributed by atoms with Crippen LogP contribution in [0, 0.1) is 0 Å². The Hall–Kier alpha value is -1.51. The second kappa shape index (κ2) is 4.65. The van der Waals surface area contributed by atoms with E-state index in [-0.39, 0.29) is 0 Å². The minimum atomic E-state index is -0.757. The average Bonchev–Trinajstić information content (AvgIpc) is 2.16. The SMILES string of the molecule is CCc1cccc(OC(N)=O)c1CC. The maximum Gasteiger partial charge on any atom is 0.409 e. The van der Waals surface area contributed by atoms with Crippen LogP contribution in [0.1, 0.15) is 25.0 Å². The van der Waals surface area contributed by atoms with Crippen LogP contribution in [0.15, 0.2) is 18.2 Å². The summed E-state index contributed by atoms with van der Waals surface area (Å²) in [6.07, 6.45) is 1.01. The van der Waals surface area contributed by atoms with Gasteiger partial charge in [-0.2, -0.15) is 0 Å². The highest BCUT2D eigenvalue weighted by Crippen LogP contribution is 2.23. The van der Waals surface area contributed by atoms with Crippen LogP contribution in [0.3, 0.4) is 0 Å². The van der Waals surface area contributed by atoms with E-state index in [4.69, 9.17) is 10.5 Å². The molecule has 0 fully saturated rings. The van der Waals surface area contributed by atoms with Crippen LogP contribution < -0.4 is 10.5 Å². The highest BCUT2D eigenvalue weighted by Gasteiger charge is 2.08. The number of ether oxygens (including phenoxy) is 1. The molecule has 0 saturated carbocycles. The third-order valence-electron chi connectivity index (χ3n) is 2.18. The molecule has 0 spiro atoms. The fourth-order valence-corrected chi connectivity index (χ4v) is 1.55. The van der Waals surface area contributed by atoms with Gasteiger partial charge in [0.15, 0.2) is 0 Å².